The van der Waals surface area contributed by atoms with E-state index < -0.39 is 31.0 Å². The third-order valence-electron chi connectivity index (χ3n) is 2.60. The van der Waals surface area contributed by atoms with Gasteiger partial charge >= 0.3 is 5.69 Å². The van der Waals surface area contributed by atoms with Crippen molar-refractivity contribution in [1.82, 2.24) is 9.55 Å². The highest BCUT2D eigenvalue weighted by molar-refractivity contribution is 8.13. The zero-order valence-electron chi connectivity index (χ0n) is 10.1. The summed E-state index contributed by atoms with van der Waals surface area (Å²) in [5.41, 5.74) is -1.59. The molecule has 0 spiro atoms. The molecule has 0 aliphatic heterocycles. The fraction of sp³-hybridized carbons (Fsp3) is 0.0909. The smallest absolute Gasteiger partial charge is 0.295 e. The van der Waals surface area contributed by atoms with E-state index in [4.69, 9.17) is 22.3 Å². The van der Waals surface area contributed by atoms with Gasteiger partial charge in [0.15, 0.2) is 4.90 Å². The minimum absolute atomic E-state index is 0.0587. The fourth-order valence-electron chi connectivity index (χ4n) is 1.61. The maximum absolute atomic E-state index is 12.9. The molecule has 0 atom stereocenters. The highest BCUT2D eigenvalue weighted by Gasteiger charge is 2.17. The topological polar surface area (TPSA) is 89.0 Å². The van der Waals surface area contributed by atoms with Crippen LogP contribution in [-0.4, -0.2) is 18.0 Å². The van der Waals surface area contributed by atoms with Crippen molar-refractivity contribution in [3.05, 3.63) is 61.6 Å². The monoisotopic (exact) mass is 352 g/mol. The first-order valence-electron chi connectivity index (χ1n) is 5.41. The summed E-state index contributed by atoms with van der Waals surface area (Å²) in [6.07, 6.45) is 0.809. The number of benzene rings is 1. The normalized spacial score (nSPS) is 11.6. The van der Waals surface area contributed by atoms with E-state index in [0.717, 1.165) is 22.9 Å². The summed E-state index contributed by atoms with van der Waals surface area (Å²) in [5, 5.41) is 0.0587. The van der Waals surface area contributed by atoms with Crippen LogP contribution in [0, 0.1) is 5.82 Å². The predicted molar refractivity (Wildman–Crippen MR) is 74.9 cm³/mol. The van der Waals surface area contributed by atoms with E-state index in [1.54, 1.807) is 0 Å². The summed E-state index contributed by atoms with van der Waals surface area (Å²) in [5.74, 6) is -0.554. The maximum atomic E-state index is 12.9. The van der Waals surface area contributed by atoms with Gasteiger partial charge in [-0.2, -0.15) is 0 Å². The largest absolute Gasteiger partial charge is 0.328 e. The van der Waals surface area contributed by atoms with Crippen molar-refractivity contribution in [2.75, 3.05) is 0 Å². The Morgan fingerprint density at radius 2 is 1.95 bits per heavy atom. The molecule has 0 unspecified atom stereocenters. The Morgan fingerprint density at radius 3 is 2.52 bits per heavy atom. The van der Waals surface area contributed by atoms with Crippen molar-refractivity contribution >= 4 is 31.3 Å². The number of aromatic nitrogens is 2. The lowest BCUT2D eigenvalue weighted by Crippen LogP contribution is -2.32. The number of nitrogens with one attached hydrogen (secondary N) is 1. The molecule has 0 aliphatic carbocycles. The van der Waals surface area contributed by atoms with Crippen molar-refractivity contribution in [2.24, 2.45) is 0 Å². The number of halogens is 3. The third-order valence-corrected chi connectivity index (χ3v) is 4.26. The molecule has 0 saturated carbocycles. The first kappa shape index (κ1) is 15.7. The van der Waals surface area contributed by atoms with Gasteiger partial charge in [0.2, 0.25) is 0 Å². The molecule has 2 aromatic rings. The van der Waals surface area contributed by atoms with Crippen LogP contribution in [-0.2, 0) is 15.6 Å². The second-order valence-electron chi connectivity index (χ2n) is 4.05. The lowest BCUT2D eigenvalue weighted by atomic mass is 10.2. The maximum Gasteiger partial charge on any atom is 0.328 e. The quantitative estimate of drug-likeness (QED) is 0.843. The molecule has 112 valence electrons. The molecule has 1 aromatic heterocycles. The number of hydrogen-bond donors (Lipinski definition) is 1. The molecule has 0 saturated heterocycles. The van der Waals surface area contributed by atoms with Crippen molar-refractivity contribution < 1.29 is 12.8 Å². The number of H-pyrrole nitrogens is 1. The molecule has 1 N–H and O–H groups in total. The minimum atomic E-state index is -4.31. The third kappa shape index (κ3) is 3.52. The van der Waals surface area contributed by atoms with Gasteiger partial charge in [-0.15, -0.1) is 0 Å². The number of hydrogen-bond acceptors (Lipinski definition) is 4. The summed E-state index contributed by atoms with van der Waals surface area (Å²) in [7, 11) is 0.798. The lowest BCUT2D eigenvalue weighted by Gasteiger charge is -2.08. The van der Waals surface area contributed by atoms with Crippen LogP contribution in [0.3, 0.4) is 0 Å². The van der Waals surface area contributed by atoms with Gasteiger partial charge in [-0.1, -0.05) is 17.7 Å². The van der Waals surface area contributed by atoms with E-state index in [-0.39, 0.29) is 11.6 Å². The molecule has 0 fully saturated rings. The van der Waals surface area contributed by atoms with Gasteiger partial charge in [-0.3, -0.25) is 14.3 Å². The molecular formula is C11H7Cl2FN2O4S. The molecule has 10 heteroatoms. The lowest BCUT2D eigenvalue weighted by molar-refractivity contribution is 0.603. The molecule has 6 nitrogen and oxygen atoms in total. The van der Waals surface area contributed by atoms with Crippen molar-refractivity contribution in [3.8, 4) is 0 Å². The van der Waals surface area contributed by atoms with Crippen LogP contribution in [0.2, 0.25) is 5.02 Å². The Kier molecular flexibility index (Phi) is 4.22. The molecule has 2 rings (SSSR count). The average molecular weight is 353 g/mol. The van der Waals surface area contributed by atoms with Crippen LogP contribution in [0.5, 0.6) is 0 Å². The number of nitrogens with zero attached hydrogens (tertiary/aromatic N) is 1. The van der Waals surface area contributed by atoms with Crippen LogP contribution in [0.4, 0.5) is 4.39 Å². The van der Waals surface area contributed by atoms with E-state index in [0.29, 0.717) is 5.56 Å². The van der Waals surface area contributed by atoms with Gasteiger partial charge in [0.05, 0.1) is 6.54 Å². The van der Waals surface area contributed by atoms with Crippen LogP contribution in [0.1, 0.15) is 5.56 Å². The zero-order chi connectivity index (χ0) is 15.8. The summed E-state index contributed by atoms with van der Waals surface area (Å²) < 4.78 is 36.3. The number of rotatable bonds is 3. The summed E-state index contributed by atoms with van der Waals surface area (Å²) >= 11 is 5.82. The summed E-state index contributed by atoms with van der Waals surface area (Å²) in [6.45, 7) is -0.159. The molecule has 1 heterocycles. The van der Waals surface area contributed by atoms with Crippen molar-refractivity contribution in [2.45, 2.75) is 11.4 Å². The highest BCUT2D eigenvalue weighted by atomic mass is 35.7. The van der Waals surface area contributed by atoms with Crippen LogP contribution >= 0.6 is 22.3 Å². The average Bonchev–Trinajstić information content (AvgIpc) is 2.33. The van der Waals surface area contributed by atoms with Crippen LogP contribution in [0.15, 0.2) is 38.9 Å². The first-order chi connectivity index (χ1) is 9.68. The molecule has 1 aromatic carbocycles. The van der Waals surface area contributed by atoms with Crippen LogP contribution < -0.4 is 11.2 Å². The second kappa shape index (κ2) is 5.63. The second-order valence-corrected chi connectivity index (χ2v) is 7.00. The Morgan fingerprint density at radius 1 is 1.29 bits per heavy atom. The van der Waals surface area contributed by atoms with Gasteiger partial charge in [-0.25, -0.2) is 17.6 Å². The minimum Gasteiger partial charge on any atom is -0.295 e. The SMILES string of the molecule is O=c1[nH]c(=O)n(Cc2ccc(F)cc2Cl)cc1S(=O)(=O)Cl. The summed E-state index contributed by atoms with van der Waals surface area (Å²) in [4.78, 5) is 24.1. The van der Waals surface area contributed by atoms with E-state index in [1.165, 1.54) is 6.07 Å². The summed E-state index contributed by atoms with van der Waals surface area (Å²) in [6, 6.07) is 3.52. The van der Waals surface area contributed by atoms with E-state index >= 15 is 0 Å². The zero-order valence-corrected chi connectivity index (χ0v) is 12.5. The molecular weight excluding hydrogens is 346 g/mol. The van der Waals surface area contributed by atoms with Gasteiger partial charge in [0.25, 0.3) is 14.6 Å². The molecule has 0 amide bonds. The van der Waals surface area contributed by atoms with Crippen LogP contribution in [0.25, 0.3) is 0 Å². The highest BCUT2D eigenvalue weighted by Crippen LogP contribution is 2.18. The van der Waals surface area contributed by atoms with Gasteiger partial charge in [-0.05, 0) is 17.7 Å². The standard InChI is InChI=1S/C11H7Cl2FN2O4S/c12-8-3-7(14)2-1-6(8)4-16-5-9(21(13,19)20)10(17)15-11(16)18/h1-3,5H,4H2,(H,15,17,18). The van der Waals surface area contributed by atoms with E-state index in [2.05, 4.69) is 0 Å². The molecule has 0 radical (unpaired) electrons. The van der Waals surface area contributed by atoms with Crippen molar-refractivity contribution in [1.29, 1.82) is 0 Å². The van der Waals surface area contributed by atoms with E-state index in [1.807, 2.05) is 4.98 Å². The first-order valence-corrected chi connectivity index (χ1v) is 8.09. The Labute approximate surface area is 127 Å². The molecule has 0 bridgehead atoms. The molecule has 21 heavy (non-hydrogen) atoms. The van der Waals surface area contributed by atoms with Gasteiger partial charge in [0.1, 0.15) is 5.82 Å². The predicted octanol–water partition coefficient (Wildman–Crippen LogP) is 1.30. The Hall–Kier alpha value is -1.64. The van der Waals surface area contributed by atoms with E-state index in [9.17, 15) is 22.4 Å². The van der Waals surface area contributed by atoms with Gasteiger partial charge in [0, 0.05) is 21.9 Å². The Balaban J connectivity index is 2.55. The fourth-order valence-corrected chi connectivity index (χ4v) is 2.70. The molecule has 0 aliphatic rings. The Bertz CT molecular complexity index is 921. The van der Waals surface area contributed by atoms with Gasteiger partial charge < -0.3 is 0 Å². The number of aromatic amines is 1. The van der Waals surface area contributed by atoms with Crippen molar-refractivity contribution in [3.63, 3.8) is 0 Å².